The molecule has 0 aromatic heterocycles. The van der Waals surface area contributed by atoms with Crippen LogP contribution in [0.3, 0.4) is 0 Å². The minimum Gasteiger partial charge on any atom is -0.207 e. The van der Waals surface area contributed by atoms with Crippen LogP contribution in [0.25, 0.3) is 0 Å². The van der Waals surface area contributed by atoms with E-state index in [0.29, 0.717) is 11.4 Å². The zero-order valence-electron chi connectivity index (χ0n) is 11.9. The van der Waals surface area contributed by atoms with Crippen molar-refractivity contribution in [1.82, 2.24) is 4.31 Å². The van der Waals surface area contributed by atoms with Crippen LogP contribution in [0.5, 0.6) is 0 Å². The Hall–Kier alpha value is -1.65. The van der Waals surface area contributed by atoms with E-state index in [-0.39, 0.29) is 6.04 Å². The lowest BCUT2D eigenvalue weighted by molar-refractivity contribution is 0.385. The van der Waals surface area contributed by atoms with Crippen LogP contribution in [0.15, 0.2) is 65.6 Å². The highest BCUT2D eigenvalue weighted by atomic mass is 32.2. The molecule has 4 heteroatoms. The van der Waals surface area contributed by atoms with Crippen LogP contribution >= 0.6 is 0 Å². The average Bonchev–Trinajstić information content (AvgIpc) is 2.98. The maximum absolute atomic E-state index is 12.8. The molecule has 1 fully saturated rings. The molecule has 0 bridgehead atoms. The van der Waals surface area contributed by atoms with E-state index in [9.17, 15) is 8.42 Å². The van der Waals surface area contributed by atoms with Crippen molar-refractivity contribution in [2.75, 3.05) is 6.54 Å². The standard InChI is InChI=1S/C17H19NO2S/c19-21(20,17-11-5-2-6-12-17)18-13-7-10-16(18)14-15-8-3-1-4-9-15/h1-6,8-9,11-12,16H,7,10,13-14H2. The molecule has 1 aliphatic heterocycles. The molecule has 1 aliphatic rings. The summed E-state index contributed by atoms with van der Waals surface area (Å²) in [6.45, 7) is 0.620. The highest BCUT2D eigenvalue weighted by Gasteiger charge is 2.34. The molecule has 1 atom stereocenters. The monoisotopic (exact) mass is 301 g/mol. The molecular weight excluding hydrogens is 282 g/mol. The topological polar surface area (TPSA) is 37.4 Å². The molecule has 0 saturated carbocycles. The molecule has 0 aliphatic carbocycles. The number of nitrogens with zero attached hydrogens (tertiary/aromatic N) is 1. The van der Waals surface area contributed by atoms with E-state index in [1.165, 1.54) is 5.56 Å². The first-order chi connectivity index (χ1) is 10.2. The van der Waals surface area contributed by atoms with Crippen molar-refractivity contribution in [3.63, 3.8) is 0 Å². The van der Waals surface area contributed by atoms with Crippen molar-refractivity contribution < 1.29 is 8.42 Å². The molecule has 0 amide bonds. The summed E-state index contributed by atoms with van der Waals surface area (Å²) in [6, 6.07) is 18.9. The lowest BCUT2D eigenvalue weighted by Crippen LogP contribution is -2.36. The SMILES string of the molecule is O=S(=O)(c1ccccc1)N1CCCC1Cc1ccccc1. The Kier molecular flexibility index (Phi) is 4.08. The van der Waals surface area contributed by atoms with Crippen LogP contribution in [0.4, 0.5) is 0 Å². The summed E-state index contributed by atoms with van der Waals surface area (Å²) >= 11 is 0. The second kappa shape index (κ2) is 6.00. The molecule has 3 rings (SSSR count). The zero-order valence-corrected chi connectivity index (χ0v) is 12.7. The van der Waals surface area contributed by atoms with E-state index in [4.69, 9.17) is 0 Å². The summed E-state index contributed by atoms with van der Waals surface area (Å²) < 4.78 is 27.2. The average molecular weight is 301 g/mol. The molecule has 1 saturated heterocycles. The fourth-order valence-electron chi connectivity index (χ4n) is 2.94. The lowest BCUT2D eigenvalue weighted by Gasteiger charge is -2.24. The summed E-state index contributed by atoms with van der Waals surface area (Å²) in [5.41, 5.74) is 1.19. The van der Waals surface area contributed by atoms with Gasteiger partial charge in [-0.15, -0.1) is 0 Å². The van der Waals surface area contributed by atoms with E-state index in [1.807, 2.05) is 24.3 Å². The van der Waals surface area contributed by atoms with Gasteiger partial charge in [-0.1, -0.05) is 48.5 Å². The van der Waals surface area contributed by atoms with Crippen molar-refractivity contribution in [2.45, 2.75) is 30.2 Å². The zero-order chi connectivity index (χ0) is 14.7. The van der Waals surface area contributed by atoms with E-state index in [1.54, 1.807) is 28.6 Å². The summed E-state index contributed by atoms with van der Waals surface area (Å²) in [5, 5.41) is 0. The molecular formula is C17H19NO2S. The smallest absolute Gasteiger partial charge is 0.207 e. The van der Waals surface area contributed by atoms with Crippen LogP contribution in [-0.4, -0.2) is 25.3 Å². The van der Waals surface area contributed by atoms with Gasteiger partial charge < -0.3 is 0 Å². The maximum Gasteiger partial charge on any atom is 0.243 e. The van der Waals surface area contributed by atoms with Gasteiger partial charge in [0, 0.05) is 12.6 Å². The third kappa shape index (κ3) is 3.01. The van der Waals surface area contributed by atoms with E-state index >= 15 is 0 Å². The Labute approximate surface area is 126 Å². The molecule has 3 nitrogen and oxygen atoms in total. The number of rotatable bonds is 4. The van der Waals surface area contributed by atoms with Crippen molar-refractivity contribution in [1.29, 1.82) is 0 Å². The van der Waals surface area contributed by atoms with E-state index in [0.717, 1.165) is 19.3 Å². The first-order valence-electron chi connectivity index (χ1n) is 7.29. The predicted molar refractivity (Wildman–Crippen MR) is 83.5 cm³/mol. The number of hydrogen-bond donors (Lipinski definition) is 0. The van der Waals surface area contributed by atoms with Gasteiger partial charge in [0.15, 0.2) is 0 Å². The molecule has 0 spiro atoms. The predicted octanol–water partition coefficient (Wildman–Crippen LogP) is 3.08. The fourth-order valence-corrected chi connectivity index (χ4v) is 4.66. The molecule has 0 radical (unpaired) electrons. The molecule has 21 heavy (non-hydrogen) atoms. The van der Waals surface area contributed by atoms with Gasteiger partial charge in [0.1, 0.15) is 0 Å². The Balaban J connectivity index is 1.84. The van der Waals surface area contributed by atoms with E-state index in [2.05, 4.69) is 12.1 Å². The molecule has 2 aromatic carbocycles. The van der Waals surface area contributed by atoms with Gasteiger partial charge in [-0.3, -0.25) is 0 Å². The summed E-state index contributed by atoms with van der Waals surface area (Å²) in [4.78, 5) is 0.393. The Bertz CT molecular complexity index is 683. The van der Waals surface area contributed by atoms with Gasteiger partial charge in [-0.25, -0.2) is 8.42 Å². The Morgan fingerprint density at radius 1 is 0.952 bits per heavy atom. The van der Waals surface area contributed by atoms with Gasteiger partial charge in [0.2, 0.25) is 10.0 Å². The summed E-state index contributed by atoms with van der Waals surface area (Å²) in [6.07, 6.45) is 2.65. The summed E-state index contributed by atoms with van der Waals surface area (Å²) in [5.74, 6) is 0. The fraction of sp³-hybridized carbons (Fsp3) is 0.294. The highest BCUT2D eigenvalue weighted by Crippen LogP contribution is 2.28. The molecule has 1 unspecified atom stereocenters. The molecule has 110 valence electrons. The van der Waals surface area contributed by atoms with Crippen LogP contribution in [0.1, 0.15) is 18.4 Å². The third-order valence-corrected chi connectivity index (χ3v) is 5.95. The molecule has 0 N–H and O–H groups in total. The number of sulfonamides is 1. The minimum absolute atomic E-state index is 0.0672. The van der Waals surface area contributed by atoms with Crippen molar-refractivity contribution in [2.24, 2.45) is 0 Å². The first kappa shape index (κ1) is 14.3. The Morgan fingerprint density at radius 2 is 1.57 bits per heavy atom. The second-order valence-electron chi connectivity index (χ2n) is 5.41. The molecule has 1 heterocycles. The highest BCUT2D eigenvalue weighted by molar-refractivity contribution is 7.89. The van der Waals surface area contributed by atoms with Gasteiger partial charge >= 0.3 is 0 Å². The molecule has 2 aromatic rings. The first-order valence-corrected chi connectivity index (χ1v) is 8.73. The van der Waals surface area contributed by atoms with Gasteiger partial charge in [-0.2, -0.15) is 4.31 Å². The summed E-state index contributed by atoms with van der Waals surface area (Å²) in [7, 11) is -3.37. The lowest BCUT2D eigenvalue weighted by atomic mass is 10.1. The largest absolute Gasteiger partial charge is 0.243 e. The third-order valence-electron chi connectivity index (χ3n) is 3.99. The Morgan fingerprint density at radius 3 is 2.24 bits per heavy atom. The second-order valence-corrected chi connectivity index (χ2v) is 7.31. The van der Waals surface area contributed by atoms with Crippen molar-refractivity contribution >= 4 is 10.0 Å². The normalized spacial score (nSPS) is 19.7. The minimum atomic E-state index is -3.37. The van der Waals surface area contributed by atoms with Crippen molar-refractivity contribution in [3.05, 3.63) is 66.2 Å². The number of benzene rings is 2. The van der Waals surface area contributed by atoms with Crippen LogP contribution < -0.4 is 0 Å². The number of hydrogen-bond acceptors (Lipinski definition) is 2. The quantitative estimate of drug-likeness (QED) is 0.870. The van der Waals surface area contributed by atoms with Crippen LogP contribution in [-0.2, 0) is 16.4 Å². The maximum atomic E-state index is 12.8. The van der Waals surface area contributed by atoms with Crippen molar-refractivity contribution in [3.8, 4) is 0 Å². The van der Waals surface area contributed by atoms with Crippen LogP contribution in [0, 0.1) is 0 Å². The van der Waals surface area contributed by atoms with Gasteiger partial charge in [0.05, 0.1) is 4.90 Å². The van der Waals surface area contributed by atoms with Gasteiger partial charge in [0.25, 0.3) is 0 Å². The van der Waals surface area contributed by atoms with Crippen LogP contribution in [0.2, 0.25) is 0 Å². The van der Waals surface area contributed by atoms with Gasteiger partial charge in [-0.05, 0) is 37.0 Å². The van der Waals surface area contributed by atoms with E-state index < -0.39 is 10.0 Å².